The Morgan fingerprint density at radius 3 is 2.64 bits per heavy atom. The summed E-state index contributed by atoms with van der Waals surface area (Å²) >= 11 is 0. The SMILES string of the molecule is OC1(Cc2cccc(F)c2CF)CC1. The predicted octanol–water partition coefficient (Wildman–Crippen LogP) is 2.36. The molecule has 1 saturated carbocycles. The van der Waals surface area contributed by atoms with Crippen LogP contribution < -0.4 is 0 Å². The van der Waals surface area contributed by atoms with E-state index in [9.17, 15) is 13.9 Å². The molecule has 2 rings (SSSR count). The fourth-order valence-corrected chi connectivity index (χ4v) is 1.59. The van der Waals surface area contributed by atoms with Crippen molar-refractivity contribution >= 4 is 0 Å². The maximum Gasteiger partial charge on any atom is 0.129 e. The molecular formula is C11H12F2O. The fraction of sp³-hybridized carbons (Fsp3) is 0.455. The molecule has 0 aliphatic heterocycles. The molecule has 1 aromatic carbocycles. The van der Waals surface area contributed by atoms with Crippen molar-refractivity contribution in [3.63, 3.8) is 0 Å². The molecule has 76 valence electrons. The molecule has 1 nitrogen and oxygen atoms in total. The lowest BCUT2D eigenvalue weighted by molar-refractivity contribution is 0.150. The van der Waals surface area contributed by atoms with Gasteiger partial charge in [-0.2, -0.15) is 0 Å². The van der Waals surface area contributed by atoms with E-state index in [2.05, 4.69) is 0 Å². The molecule has 0 atom stereocenters. The molecule has 1 fully saturated rings. The topological polar surface area (TPSA) is 20.2 Å². The van der Waals surface area contributed by atoms with E-state index in [1.54, 1.807) is 12.1 Å². The second-order valence-corrected chi connectivity index (χ2v) is 3.91. The van der Waals surface area contributed by atoms with Crippen LogP contribution in [0.3, 0.4) is 0 Å². The van der Waals surface area contributed by atoms with Crippen molar-refractivity contribution in [3.05, 3.63) is 35.1 Å². The van der Waals surface area contributed by atoms with Gasteiger partial charge in [-0.15, -0.1) is 0 Å². The van der Waals surface area contributed by atoms with Crippen LogP contribution in [0.25, 0.3) is 0 Å². The maximum absolute atomic E-state index is 13.1. The number of hydrogen-bond donors (Lipinski definition) is 1. The Morgan fingerprint density at radius 1 is 1.36 bits per heavy atom. The van der Waals surface area contributed by atoms with Crippen LogP contribution in [-0.4, -0.2) is 10.7 Å². The lowest BCUT2D eigenvalue weighted by Gasteiger charge is -2.11. The van der Waals surface area contributed by atoms with Crippen LogP contribution in [0.1, 0.15) is 24.0 Å². The predicted molar refractivity (Wildman–Crippen MR) is 49.1 cm³/mol. The molecule has 0 heterocycles. The van der Waals surface area contributed by atoms with Gasteiger partial charge >= 0.3 is 0 Å². The van der Waals surface area contributed by atoms with Crippen LogP contribution in [-0.2, 0) is 13.1 Å². The molecule has 0 aromatic heterocycles. The van der Waals surface area contributed by atoms with Gasteiger partial charge in [-0.3, -0.25) is 0 Å². The van der Waals surface area contributed by atoms with Crippen LogP contribution in [0.4, 0.5) is 8.78 Å². The zero-order valence-electron chi connectivity index (χ0n) is 7.76. The summed E-state index contributed by atoms with van der Waals surface area (Å²) < 4.78 is 25.6. The zero-order valence-corrected chi connectivity index (χ0v) is 7.76. The van der Waals surface area contributed by atoms with Gasteiger partial charge in [-0.25, -0.2) is 8.78 Å². The monoisotopic (exact) mass is 198 g/mol. The highest BCUT2D eigenvalue weighted by atomic mass is 19.1. The Kier molecular flexibility index (Phi) is 2.27. The summed E-state index contributed by atoms with van der Waals surface area (Å²) in [6, 6.07) is 4.47. The third-order valence-electron chi connectivity index (χ3n) is 2.70. The van der Waals surface area contributed by atoms with E-state index in [0.29, 0.717) is 12.0 Å². The number of halogens is 2. The lowest BCUT2D eigenvalue weighted by atomic mass is 10.0. The standard InChI is InChI=1S/C11H12F2O/c12-7-9-8(2-1-3-10(9)13)6-11(14)4-5-11/h1-3,14H,4-7H2. The highest BCUT2D eigenvalue weighted by Gasteiger charge is 2.40. The van der Waals surface area contributed by atoms with Crippen molar-refractivity contribution < 1.29 is 13.9 Å². The van der Waals surface area contributed by atoms with Gasteiger partial charge in [0.15, 0.2) is 0 Å². The first kappa shape index (κ1) is 9.59. The first-order chi connectivity index (χ1) is 6.64. The summed E-state index contributed by atoms with van der Waals surface area (Å²) in [4.78, 5) is 0. The second kappa shape index (κ2) is 3.31. The first-order valence-corrected chi connectivity index (χ1v) is 4.69. The van der Waals surface area contributed by atoms with Crippen LogP contribution in [0.2, 0.25) is 0 Å². The van der Waals surface area contributed by atoms with E-state index >= 15 is 0 Å². The fourth-order valence-electron chi connectivity index (χ4n) is 1.59. The molecule has 1 aliphatic carbocycles. The number of hydrogen-bond acceptors (Lipinski definition) is 1. The average Bonchev–Trinajstić information content (AvgIpc) is 2.84. The van der Waals surface area contributed by atoms with Gasteiger partial charge in [-0.05, 0) is 24.5 Å². The molecule has 0 radical (unpaired) electrons. The minimum atomic E-state index is -0.807. The Hall–Kier alpha value is -0.960. The Bertz CT molecular complexity index is 345. The Labute approximate surface area is 81.4 Å². The van der Waals surface area contributed by atoms with Crippen LogP contribution in [0.5, 0.6) is 0 Å². The Morgan fingerprint density at radius 2 is 2.07 bits per heavy atom. The van der Waals surface area contributed by atoms with Gasteiger partial charge in [0.1, 0.15) is 12.5 Å². The number of alkyl halides is 1. The summed E-state index contributed by atoms with van der Waals surface area (Å²) in [5, 5.41) is 9.65. The van der Waals surface area contributed by atoms with Crippen molar-refractivity contribution in [2.24, 2.45) is 0 Å². The third kappa shape index (κ3) is 1.77. The Balaban J connectivity index is 2.27. The maximum atomic E-state index is 13.1. The van der Waals surface area contributed by atoms with Gasteiger partial charge in [-0.1, -0.05) is 12.1 Å². The molecule has 14 heavy (non-hydrogen) atoms. The normalized spacial score (nSPS) is 18.2. The highest BCUT2D eigenvalue weighted by Crippen LogP contribution is 2.39. The number of rotatable bonds is 3. The molecule has 0 saturated heterocycles. The highest BCUT2D eigenvalue weighted by molar-refractivity contribution is 5.30. The van der Waals surface area contributed by atoms with Gasteiger partial charge in [0, 0.05) is 12.0 Å². The largest absolute Gasteiger partial charge is 0.390 e. The van der Waals surface area contributed by atoms with E-state index in [1.165, 1.54) is 6.07 Å². The summed E-state index contributed by atoms with van der Waals surface area (Å²) in [5.74, 6) is -0.519. The number of benzene rings is 1. The van der Waals surface area contributed by atoms with Gasteiger partial charge in [0.05, 0.1) is 5.60 Å². The smallest absolute Gasteiger partial charge is 0.129 e. The quantitative estimate of drug-likeness (QED) is 0.790. The minimum Gasteiger partial charge on any atom is -0.390 e. The summed E-state index contributed by atoms with van der Waals surface area (Å²) in [6.07, 6.45) is 1.83. The molecule has 0 spiro atoms. The van der Waals surface area contributed by atoms with Gasteiger partial charge in [0.2, 0.25) is 0 Å². The van der Waals surface area contributed by atoms with Crippen molar-refractivity contribution in [2.45, 2.75) is 31.5 Å². The van der Waals surface area contributed by atoms with Crippen molar-refractivity contribution in [2.75, 3.05) is 0 Å². The first-order valence-electron chi connectivity index (χ1n) is 4.69. The second-order valence-electron chi connectivity index (χ2n) is 3.91. The molecule has 1 aromatic rings. The van der Waals surface area contributed by atoms with Crippen molar-refractivity contribution in [1.82, 2.24) is 0 Å². The van der Waals surface area contributed by atoms with E-state index < -0.39 is 18.1 Å². The average molecular weight is 198 g/mol. The molecule has 1 N–H and O–H groups in total. The van der Waals surface area contributed by atoms with Crippen molar-refractivity contribution in [1.29, 1.82) is 0 Å². The van der Waals surface area contributed by atoms with Crippen LogP contribution in [0.15, 0.2) is 18.2 Å². The third-order valence-corrected chi connectivity index (χ3v) is 2.70. The van der Waals surface area contributed by atoms with E-state index in [-0.39, 0.29) is 5.56 Å². The van der Waals surface area contributed by atoms with Crippen molar-refractivity contribution in [3.8, 4) is 0 Å². The molecule has 3 heteroatoms. The molecular weight excluding hydrogens is 186 g/mol. The zero-order chi connectivity index (χ0) is 10.2. The summed E-state index contributed by atoms with van der Waals surface area (Å²) in [6.45, 7) is -0.807. The van der Waals surface area contributed by atoms with E-state index in [0.717, 1.165) is 12.8 Å². The summed E-state index contributed by atoms with van der Waals surface area (Å²) in [5.41, 5.74) is -0.0159. The van der Waals surface area contributed by atoms with Crippen LogP contribution >= 0.6 is 0 Å². The molecule has 0 unspecified atom stereocenters. The lowest BCUT2D eigenvalue weighted by Crippen LogP contribution is -2.12. The van der Waals surface area contributed by atoms with Gasteiger partial charge in [0.25, 0.3) is 0 Å². The number of aliphatic hydroxyl groups is 1. The molecule has 1 aliphatic rings. The van der Waals surface area contributed by atoms with Gasteiger partial charge < -0.3 is 5.11 Å². The van der Waals surface area contributed by atoms with E-state index in [4.69, 9.17) is 0 Å². The van der Waals surface area contributed by atoms with E-state index in [1.807, 2.05) is 0 Å². The van der Waals surface area contributed by atoms with Crippen LogP contribution in [0, 0.1) is 5.82 Å². The summed E-state index contributed by atoms with van der Waals surface area (Å²) in [7, 11) is 0. The molecule has 0 amide bonds. The minimum absolute atomic E-state index is 0.0906. The molecule has 0 bridgehead atoms.